The molecule has 0 spiro atoms. The molecule has 0 bridgehead atoms. The molecule has 1 aliphatic rings. The van der Waals surface area contributed by atoms with Crippen molar-refractivity contribution in [1.29, 1.82) is 0 Å². The van der Waals surface area contributed by atoms with Gasteiger partial charge in [-0.05, 0) is 47.5 Å². The lowest BCUT2D eigenvalue weighted by atomic mass is 10.0. The zero-order chi connectivity index (χ0) is 14.8. The number of aryl methyl sites for hydroxylation is 1. The normalized spacial score (nSPS) is 13.7. The smallest absolute Gasteiger partial charge is 0.251 e. The highest BCUT2D eigenvalue weighted by atomic mass is 16.1. The fraction of sp³-hybridized carbons (Fsp3) is 0.286. The van der Waals surface area contributed by atoms with E-state index in [1.165, 1.54) is 6.33 Å². The van der Waals surface area contributed by atoms with Gasteiger partial charge < -0.3 is 10.6 Å². The molecule has 108 valence electrons. The van der Waals surface area contributed by atoms with Gasteiger partial charge in [-0.15, -0.1) is 5.10 Å². The summed E-state index contributed by atoms with van der Waals surface area (Å²) in [4.78, 5) is 12.3. The molecule has 0 radical (unpaired) electrons. The highest BCUT2D eigenvalue weighted by Crippen LogP contribution is 2.20. The molecule has 3 rings (SSSR count). The number of nitrogens with one attached hydrogen (secondary N) is 2. The van der Waals surface area contributed by atoms with Crippen LogP contribution in [-0.2, 0) is 4.79 Å². The summed E-state index contributed by atoms with van der Waals surface area (Å²) in [6.45, 7) is 5.39. The third-order valence-electron chi connectivity index (χ3n) is 3.63. The van der Waals surface area contributed by atoms with Gasteiger partial charge in [0.2, 0.25) is 0 Å². The Kier molecular flexibility index (Phi) is 3.49. The Hall–Kier alpha value is -2.54. The van der Waals surface area contributed by atoms with Crippen molar-refractivity contribution in [3.05, 3.63) is 41.2 Å². The summed E-state index contributed by atoms with van der Waals surface area (Å²) in [6, 6.07) is 5.70. The van der Waals surface area contributed by atoms with Gasteiger partial charge in [0.25, 0.3) is 5.91 Å². The molecule has 1 aromatic carbocycles. The molecular weight excluding hydrogens is 268 g/mol. The zero-order valence-electron chi connectivity index (χ0n) is 11.9. The molecule has 0 atom stereocenters. The quantitative estimate of drug-likeness (QED) is 0.815. The second-order valence-corrected chi connectivity index (χ2v) is 5.04. The molecule has 0 saturated carbocycles. The molecule has 1 aromatic heterocycles. The van der Waals surface area contributed by atoms with Gasteiger partial charge in [0.15, 0.2) is 0 Å². The summed E-state index contributed by atoms with van der Waals surface area (Å²) in [7, 11) is 0. The second-order valence-electron chi connectivity index (χ2n) is 5.04. The topological polar surface area (TPSA) is 84.7 Å². The van der Waals surface area contributed by atoms with Crippen molar-refractivity contribution < 1.29 is 4.79 Å². The fourth-order valence-corrected chi connectivity index (χ4v) is 2.06. The molecule has 1 saturated heterocycles. The van der Waals surface area contributed by atoms with E-state index in [-0.39, 0.29) is 5.91 Å². The number of hydrogen-bond donors (Lipinski definition) is 2. The second kappa shape index (κ2) is 5.45. The monoisotopic (exact) mass is 284 g/mol. The lowest BCUT2D eigenvalue weighted by Gasteiger charge is -2.21. The standard InChI is InChI=1S/C14H16N6O/c1-9-3-4-12(20-8-16-18-19-20)5-13(9)17-14(21)10(2)11-6-15-7-11/h3-5,8,15H,6-7H2,1-2H3,(H,17,21). The van der Waals surface area contributed by atoms with Crippen molar-refractivity contribution in [2.24, 2.45) is 0 Å². The Morgan fingerprint density at radius 1 is 1.38 bits per heavy atom. The van der Waals surface area contributed by atoms with Gasteiger partial charge in [-0.25, -0.2) is 4.68 Å². The molecule has 2 aromatic rings. The number of hydrogen-bond acceptors (Lipinski definition) is 5. The van der Waals surface area contributed by atoms with Gasteiger partial charge >= 0.3 is 0 Å². The number of nitrogens with zero attached hydrogens (tertiary/aromatic N) is 4. The van der Waals surface area contributed by atoms with E-state index in [0.29, 0.717) is 0 Å². The maximum Gasteiger partial charge on any atom is 0.251 e. The van der Waals surface area contributed by atoms with Crippen LogP contribution in [0, 0.1) is 6.92 Å². The Labute approximate surface area is 122 Å². The number of carbonyl (C=O) groups is 1. The Morgan fingerprint density at radius 3 is 2.81 bits per heavy atom. The largest absolute Gasteiger partial charge is 0.322 e. The first-order valence-corrected chi connectivity index (χ1v) is 6.70. The minimum Gasteiger partial charge on any atom is -0.322 e. The summed E-state index contributed by atoms with van der Waals surface area (Å²) in [6.07, 6.45) is 1.52. The molecule has 0 unspecified atom stereocenters. The average molecular weight is 284 g/mol. The molecule has 2 N–H and O–H groups in total. The molecule has 1 aliphatic heterocycles. The molecule has 1 amide bonds. The summed E-state index contributed by atoms with van der Waals surface area (Å²) in [5.74, 6) is -0.0662. The van der Waals surface area contributed by atoms with Crippen LogP contribution in [0.4, 0.5) is 5.69 Å². The van der Waals surface area contributed by atoms with Crippen molar-refractivity contribution in [3.63, 3.8) is 0 Å². The average Bonchev–Trinajstić information content (AvgIpc) is 2.93. The Bertz CT molecular complexity index is 698. The van der Waals surface area contributed by atoms with Crippen LogP contribution < -0.4 is 10.6 Å². The van der Waals surface area contributed by atoms with Gasteiger partial charge in [-0.1, -0.05) is 6.07 Å². The first kappa shape index (κ1) is 13.4. The van der Waals surface area contributed by atoms with Gasteiger partial charge in [0.05, 0.1) is 5.69 Å². The summed E-state index contributed by atoms with van der Waals surface area (Å²) in [5.41, 5.74) is 4.49. The number of rotatable bonds is 3. The van der Waals surface area contributed by atoms with E-state index >= 15 is 0 Å². The van der Waals surface area contributed by atoms with Crippen molar-refractivity contribution >= 4 is 11.6 Å². The molecule has 7 nitrogen and oxygen atoms in total. The van der Waals surface area contributed by atoms with Crippen LogP contribution in [0.25, 0.3) is 5.69 Å². The first-order valence-electron chi connectivity index (χ1n) is 6.70. The van der Waals surface area contributed by atoms with Crippen LogP contribution >= 0.6 is 0 Å². The molecule has 21 heavy (non-hydrogen) atoms. The fourth-order valence-electron chi connectivity index (χ4n) is 2.06. The third-order valence-corrected chi connectivity index (χ3v) is 3.63. The zero-order valence-corrected chi connectivity index (χ0v) is 11.9. The number of benzene rings is 1. The number of carbonyl (C=O) groups excluding carboxylic acids is 1. The van der Waals surface area contributed by atoms with E-state index in [4.69, 9.17) is 0 Å². The van der Waals surface area contributed by atoms with Crippen molar-refractivity contribution in [2.75, 3.05) is 18.4 Å². The molecule has 0 aliphatic carbocycles. The third kappa shape index (κ3) is 2.68. The number of amides is 1. The van der Waals surface area contributed by atoms with E-state index in [2.05, 4.69) is 26.2 Å². The van der Waals surface area contributed by atoms with E-state index in [0.717, 1.165) is 41.2 Å². The van der Waals surface area contributed by atoms with Gasteiger partial charge in [0, 0.05) is 24.4 Å². The van der Waals surface area contributed by atoms with E-state index in [9.17, 15) is 4.79 Å². The lowest BCUT2D eigenvalue weighted by molar-refractivity contribution is -0.112. The SMILES string of the molecule is CC(C(=O)Nc1cc(-n2cnnn2)ccc1C)=C1CNC1. The van der Waals surface area contributed by atoms with E-state index in [1.807, 2.05) is 32.0 Å². The molecule has 2 heterocycles. The van der Waals surface area contributed by atoms with Crippen molar-refractivity contribution in [3.8, 4) is 5.69 Å². The summed E-state index contributed by atoms with van der Waals surface area (Å²) in [5, 5.41) is 17.2. The Morgan fingerprint density at radius 2 is 2.19 bits per heavy atom. The predicted octanol–water partition coefficient (Wildman–Crippen LogP) is 0.829. The number of aromatic nitrogens is 4. The predicted molar refractivity (Wildman–Crippen MR) is 78.1 cm³/mol. The minimum atomic E-state index is -0.0662. The van der Waals surface area contributed by atoms with E-state index < -0.39 is 0 Å². The van der Waals surface area contributed by atoms with Crippen molar-refractivity contribution in [1.82, 2.24) is 25.5 Å². The Balaban J connectivity index is 1.85. The molecule has 1 fully saturated rings. The van der Waals surface area contributed by atoms with Crippen LogP contribution in [0.2, 0.25) is 0 Å². The van der Waals surface area contributed by atoms with Crippen LogP contribution in [0.5, 0.6) is 0 Å². The highest BCUT2D eigenvalue weighted by molar-refractivity contribution is 6.04. The van der Waals surface area contributed by atoms with Crippen LogP contribution in [0.3, 0.4) is 0 Å². The molecular formula is C14H16N6O. The van der Waals surface area contributed by atoms with Gasteiger partial charge in [-0.3, -0.25) is 4.79 Å². The van der Waals surface area contributed by atoms with Crippen LogP contribution in [-0.4, -0.2) is 39.2 Å². The van der Waals surface area contributed by atoms with E-state index in [1.54, 1.807) is 4.68 Å². The van der Waals surface area contributed by atoms with Gasteiger partial charge in [-0.2, -0.15) is 0 Å². The lowest BCUT2D eigenvalue weighted by Crippen LogP contribution is -2.36. The molecule has 7 heteroatoms. The summed E-state index contributed by atoms with van der Waals surface area (Å²) < 4.78 is 1.55. The first-order chi connectivity index (χ1) is 10.1. The number of anilines is 1. The minimum absolute atomic E-state index is 0.0662. The maximum absolute atomic E-state index is 12.3. The summed E-state index contributed by atoms with van der Waals surface area (Å²) >= 11 is 0. The van der Waals surface area contributed by atoms with Gasteiger partial charge in [0.1, 0.15) is 6.33 Å². The van der Waals surface area contributed by atoms with Crippen LogP contribution in [0.1, 0.15) is 12.5 Å². The maximum atomic E-state index is 12.3. The van der Waals surface area contributed by atoms with Crippen molar-refractivity contribution in [2.45, 2.75) is 13.8 Å². The number of tetrazole rings is 1. The van der Waals surface area contributed by atoms with Crippen LogP contribution in [0.15, 0.2) is 35.7 Å². The highest BCUT2D eigenvalue weighted by Gasteiger charge is 2.16.